The second-order valence-corrected chi connectivity index (χ2v) is 5.28. The number of rotatable bonds is 8. The van der Waals surface area contributed by atoms with Gasteiger partial charge in [-0.15, -0.1) is 0 Å². The zero-order valence-electron chi connectivity index (χ0n) is 13.6. The Morgan fingerprint density at radius 2 is 1.92 bits per heavy atom. The minimum atomic E-state index is -0.692. The summed E-state index contributed by atoms with van der Waals surface area (Å²) in [6, 6.07) is 6.07. The molecule has 0 saturated heterocycles. The number of anilines is 2. The molecule has 0 aliphatic carbocycles. The molecular weight excluding hydrogens is 308 g/mol. The van der Waals surface area contributed by atoms with Gasteiger partial charge in [0.15, 0.2) is 5.75 Å². The predicted octanol–water partition coefficient (Wildman–Crippen LogP) is 3.33. The van der Waals surface area contributed by atoms with Crippen LogP contribution < -0.4 is 21.1 Å². The highest BCUT2D eigenvalue weighted by molar-refractivity contribution is 6.05. The molecule has 5 N–H and O–H groups in total. The highest BCUT2D eigenvalue weighted by Gasteiger charge is 2.15. The third kappa shape index (κ3) is 4.77. The molecule has 7 heteroatoms. The lowest BCUT2D eigenvalue weighted by Crippen LogP contribution is -2.20. The Labute approximate surface area is 140 Å². The van der Waals surface area contributed by atoms with E-state index < -0.39 is 6.03 Å². The maximum Gasteiger partial charge on any atom is 0.316 e. The lowest BCUT2D eigenvalue weighted by Gasteiger charge is -2.16. The molecule has 0 fully saturated rings. The van der Waals surface area contributed by atoms with Gasteiger partial charge in [0.1, 0.15) is 0 Å². The number of carbonyl (C=O) groups is 2. The number of aromatic nitrogens is 1. The van der Waals surface area contributed by atoms with Crippen molar-refractivity contribution in [1.29, 1.82) is 0 Å². The van der Waals surface area contributed by atoms with Crippen molar-refractivity contribution in [2.24, 2.45) is 5.73 Å². The number of urea groups is 1. The van der Waals surface area contributed by atoms with Crippen molar-refractivity contribution >= 4 is 23.3 Å². The summed E-state index contributed by atoms with van der Waals surface area (Å²) in [5.41, 5.74) is 6.60. The Hall–Kier alpha value is -2.96. The van der Waals surface area contributed by atoms with Gasteiger partial charge in [0.2, 0.25) is 0 Å². The van der Waals surface area contributed by atoms with Crippen molar-refractivity contribution in [3.8, 4) is 5.75 Å². The van der Waals surface area contributed by atoms with E-state index in [1.807, 2.05) is 0 Å². The number of carbonyl (C=O) groups excluding carboxylic acids is 2. The molecule has 0 unspecified atom stereocenters. The minimum Gasteiger partial charge on any atom is -0.489 e. The number of hydrogen-bond acceptors (Lipinski definition) is 3. The number of hydrogen-bond donors (Lipinski definition) is 4. The first kappa shape index (κ1) is 17.4. The van der Waals surface area contributed by atoms with Gasteiger partial charge in [0.25, 0.3) is 5.91 Å². The number of para-hydroxylation sites is 1. The number of unbranched alkanes of at least 4 members (excludes halogenated alkanes) is 2. The number of aromatic amines is 1. The number of amides is 3. The topological polar surface area (TPSA) is 109 Å². The Morgan fingerprint density at radius 3 is 2.54 bits per heavy atom. The van der Waals surface area contributed by atoms with Crippen LogP contribution in [-0.2, 0) is 0 Å². The first-order valence-corrected chi connectivity index (χ1v) is 7.88. The number of nitrogens with one attached hydrogen (secondary N) is 3. The van der Waals surface area contributed by atoms with E-state index in [2.05, 4.69) is 22.5 Å². The second-order valence-electron chi connectivity index (χ2n) is 5.28. The number of primary amides is 1. The molecule has 0 bridgehead atoms. The number of H-pyrrole nitrogens is 1. The van der Waals surface area contributed by atoms with Crippen LogP contribution in [0.25, 0.3) is 0 Å². The van der Waals surface area contributed by atoms with E-state index in [0.29, 0.717) is 29.3 Å². The monoisotopic (exact) mass is 330 g/mol. The highest BCUT2D eigenvalue weighted by atomic mass is 16.5. The van der Waals surface area contributed by atoms with Crippen LogP contribution in [0, 0.1) is 0 Å². The van der Waals surface area contributed by atoms with Crippen LogP contribution >= 0.6 is 0 Å². The fraction of sp³-hybridized carbons (Fsp3) is 0.294. The van der Waals surface area contributed by atoms with Crippen molar-refractivity contribution in [3.05, 3.63) is 42.2 Å². The Balaban J connectivity index is 2.20. The normalized spacial score (nSPS) is 10.2. The molecule has 2 rings (SSSR count). The van der Waals surface area contributed by atoms with Crippen LogP contribution in [0.2, 0.25) is 0 Å². The molecule has 0 saturated carbocycles. The summed E-state index contributed by atoms with van der Waals surface area (Å²) in [5, 5.41) is 5.31. The zero-order chi connectivity index (χ0) is 17.4. The van der Waals surface area contributed by atoms with Crippen molar-refractivity contribution < 1.29 is 14.3 Å². The summed E-state index contributed by atoms with van der Waals surface area (Å²) in [5.74, 6) is 0.127. The maximum atomic E-state index is 12.2. The van der Waals surface area contributed by atoms with E-state index in [4.69, 9.17) is 10.5 Å². The van der Waals surface area contributed by atoms with E-state index in [-0.39, 0.29) is 5.91 Å². The summed E-state index contributed by atoms with van der Waals surface area (Å²) in [6.45, 7) is 2.59. The van der Waals surface area contributed by atoms with Crippen LogP contribution in [0.3, 0.4) is 0 Å². The smallest absolute Gasteiger partial charge is 0.316 e. The zero-order valence-corrected chi connectivity index (χ0v) is 13.6. The fourth-order valence-electron chi connectivity index (χ4n) is 2.21. The third-order valence-electron chi connectivity index (χ3n) is 3.38. The average Bonchev–Trinajstić information content (AvgIpc) is 3.07. The molecular formula is C17H22N4O3. The number of ether oxygens (including phenoxy) is 1. The fourth-order valence-corrected chi connectivity index (χ4v) is 2.21. The van der Waals surface area contributed by atoms with Gasteiger partial charge in [-0.1, -0.05) is 25.8 Å². The molecule has 1 aromatic heterocycles. The standard InChI is InChI=1S/C17H22N4O3/c1-2-3-4-10-24-15-13(6-5-7-14(15)21-17(18)23)20-16(22)12-8-9-19-11-12/h5-9,11,19H,2-4,10H2,1H3,(H,20,22)(H3,18,21,23). The molecule has 1 heterocycles. The third-order valence-corrected chi connectivity index (χ3v) is 3.38. The summed E-state index contributed by atoms with van der Waals surface area (Å²) >= 11 is 0. The molecule has 1 aromatic carbocycles. The predicted molar refractivity (Wildman–Crippen MR) is 93.4 cm³/mol. The molecule has 0 spiro atoms. The van der Waals surface area contributed by atoms with E-state index in [1.165, 1.54) is 0 Å². The molecule has 0 radical (unpaired) electrons. The van der Waals surface area contributed by atoms with E-state index in [9.17, 15) is 9.59 Å². The van der Waals surface area contributed by atoms with E-state index >= 15 is 0 Å². The van der Waals surface area contributed by atoms with Crippen LogP contribution in [0.4, 0.5) is 16.2 Å². The van der Waals surface area contributed by atoms with Crippen molar-refractivity contribution in [3.63, 3.8) is 0 Å². The summed E-state index contributed by atoms with van der Waals surface area (Å²) in [4.78, 5) is 26.3. The van der Waals surface area contributed by atoms with Gasteiger partial charge in [-0.05, 0) is 24.6 Å². The second kappa shape index (κ2) is 8.61. The Bertz CT molecular complexity index is 683. The summed E-state index contributed by atoms with van der Waals surface area (Å²) in [7, 11) is 0. The molecule has 3 amide bonds. The summed E-state index contributed by atoms with van der Waals surface area (Å²) < 4.78 is 5.80. The van der Waals surface area contributed by atoms with Gasteiger partial charge in [0.05, 0.1) is 23.5 Å². The van der Waals surface area contributed by atoms with Crippen molar-refractivity contribution in [2.45, 2.75) is 26.2 Å². The van der Waals surface area contributed by atoms with Gasteiger partial charge in [0, 0.05) is 12.4 Å². The molecule has 2 aromatic rings. The first-order valence-electron chi connectivity index (χ1n) is 7.88. The van der Waals surface area contributed by atoms with Gasteiger partial charge in [-0.25, -0.2) is 4.79 Å². The molecule has 7 nitrogen and oxygen atoms in total. The highest BCUT2D eigenvalue weighted by Crippen LogP contribution is 2.34. The molecule has 128 valence electrons. The van der Waals surface area contributed by atoms with Crippen LogP contribution in [-0.4, -0.2) is 23.5 Å². The van der Waals surface area contributed by atoms with Gasteiger partial charge in [-0.2, -0.15) is 0 Å². The number of nitrogens with two attached hydrogens (primary N) is 1. The quantitative estimate of drug-likeness (QED) is 0.557. The first-order chi connectivity index (χ1) is 11.6. The van der Waals surface area contributed by atoms with Crippen molar-refractivity contribution in [1.82, 2.24) is 4.98 Å². The largest absolute Gasteiger partial charge is 0.489 e. The average molecular weight is 330 g/mol. The minimum absolute atomic E-state index is 0.272. The molecule has 24 heavy (non-hydrogen) atoms. The Kier molecular flexibility index (Phi) is 6.24. The van der Waals surface area contributed by atoms with Gasteiger partial charge in [-0.3, -0.25) is 4.79 Å². The number of benzene rings is 1. The lowest BCUT2D eigenvalue weighted by atomic mass is 10.2. The molecule has 0 aliphatic rings. The van der Waals surface area contributed by atoms with Crippen molar-refractivity contribution in [2.75, 3.05) is 17.2 Å². The van der Waals surface area contributed by atoms with Crippen LogP contribution in [0.5, 0.6) is 5.75 Å². The van der Waals surface area contributed by atoms with E-state index in [0.717, 1.165) is 19.3 Å². The lowest BCUT2D eigenvalue weighted by molar-refractivity contribution is 0.102. The maximum absolute atomic E-state index is 12.2. The Morgan fingerprint density at radius 1 is 1.17 bits per heavy atom. The van der Waals surface area contributed by atoms with Gasteiger partial charge < -0.3 is 26.1 Å². The summed E-state index contributed by atoms with van der Waals surface area (Å²) in [6.07, 6.45) is 6.26. The van der Waals surface area contributed by atoms with Gasteiger partial charge >= 0.3 is 6.03 Å². The van der Waals surface area contributed by atoms with E-state index in [1.54, 1.807) is 36.7 Å². The van der Waals surface area contributed by atoms with Crippen LogP contribution in [0.15, 0.2) is 36.7 Å². The van der Waals surface area contributed by atoms with Crippen LogP contribution in [0.1, 0.15) is 36.5 Å². The SMILES string of the molecule is CCCCCOc1c(NC(N)=O)cccc1NC(=O)c1cc[nH]c1. The molecule has 0 atom stereocenters. The molecule has 0 aliphatic heterocycles.